The zero-order valence-corrected chi connectivity index (χ0v) is 11.6. The monoisotopic (exact) mass is 237 g/mol. The lowest BCUT2D eigenvalue weighted by molar-refractivity contribution is 0.435. The summed E-state index contributed by atoms with van der Waals surface area (Å²) in [7, 11) is 0. The molecule has 96 valence electrons. The van der Waals surface area contributed by atoms with E-state index in [4.69, 9.17) is 0 Å². The van der Waals surface area contributed by atoms with E-state index >= 15 is 0 Å². The smallest absolute Gasteiger partial charge is 0.123 e. The SMILES string of the molecule is CCNC(CC(C)C)c1c(C)cc(F)cc1C. The lowest BCUT2D eigenvalue weighted by atomic mass is 9.90. The van der Waals surface area contributed by atoms with E-state index in [2.05, 4.69) is 26.1 Å². The summed E-state index contributed by atoms with van der Waals surface area (Å²) in [5, 5.41) is 3.51. The van der Waals surface area contributed by atoms with Crippen molar-refractivity contribution in [1.29, 1.82) is 0 Å². The van der Waals surface area contributed by atoms with Gasteiger partial charge in [0, 0.05) is 6.04 Å². The Balaban J connectivity index is 3.08. The largest absolute Gasteiger partial charge is 0.310 e. The van der Waals surface area contributed by atoms with Crippen LogP contribution in [0.1, 0.15) is 49.9 Å². The maximum atomic E-state index is 13.3. The fourth-order valence-corrected chi connectivity index (χ4v) is 2.49. The Kier molecular flexibility index (Phi) is 5.13. The Morgan fingerprint density at radius 3 is 2.12 bits per heavy atom. The van der Waals surface area contributed by atoms with Crippen LogP contribution in [0.25, 0.3) is 0 Å². The molecule has 1 N–H and O–H groups in total. The zero-order chi connectivity index (χ0) is 13.0. The van der Waals surface area contributed by atoms with Crippen LogP contribution in [0.5, 0.6) is 0 Å². The summed E-state index contributed by atoms with van der Waals surface area (Å²) >= 11 is 0. The van der Waals surface area contributed by atoms with Gasteiger partial charge in [-0.05, 0) is 61.6 Å². The van der Waals surface area contributed by atoms with Crippen LogP contribution in [-0.4, -0.2) is 6.54 Å². The number of nitrogens with one attached hydrogen (secondary N) is 1. The molecule has 1 unspecified atom stereocenters. The Morgan fingerprint density at radius 2 is 1.71 bits per heavy atom. The Hall–Kier alpha value is -0.890. The molecule has 0 saturated carbocycles. The second kappa shape index (κ2) is 6.15. The van der Waals surface area contributed by atoms with Crippen LogP contribution in [0, 0.1) is 25.6 Å². The molecule has 0 heterocycles. The van der Waals surface area contributed by atoms with Crippen molar-refractivity contribution in [2.24, 2.45) is 5.92 Å². The van der Waals surface area contributed by atoms with E-state index in [1.807, 2.05) is 13.8 Å². The van der Waals surface area contributed by atoms with Gasteiger partial charge in [0.1, 0.15) is 5.82 Å². The fraction of sp³-hybridized carbons (Fsp3) is 0.600. The second-order valence-corrected chi connectivity index (χ2v) is 5.19. The molecular weight excluding hydrogens is 213 g/mol. The third kappa shape index (κ3) is 3.81. The summed E-state index contributed by atoms with van der Waals surface area (Å²) in [5.41, 5.74) is 3.37. The van der Waals surface area contributed by atoms with Crippen LogP contribution in [0.3, 0.4) is 0 Å². The Labute approximate surface area is 104 Å². The van der Waals surface area contributed by atoms with E-state index in [1.165, 1.54) is 5.56 Å². The molecule has 2 heteroatoms. The highest BCUT2D eigenvalue weighted by atomic mass is 19.1. The van der Waals surface area contributed by atoms with Gasteiger partial charge >= 0.3 is 0 Å². The molecule has 0 aliphatic heterocycles. The molecule has 1 nitrogen and oxygen atoms in total. The van der Waals surface area contributed by atoms with Crippen LogP contribution in [0.4, 0.5) is 4.39 Å². The summed E-state index contributed by atoms with van der Waals surface area (Å²) in [5.74, 6) is 0.492. The predicted octanol–water partition coefficient (Wildman–Crippen LogP) is 4.14. The van der Waals surface area contributed by atoms with E-state index in [0.29, 0.717) is 12.0 Å². The Morgan fingerprint density at radius 1 is 1.18 bits per heavy atom. The average molecular weight is 237 g/mol. The summed E-state index contributed by atoms with van der Waals surface area (Å²) in [6.45, 7) is 11.5. The molecule has 0 fully saturated rings. The van der Waals surface area contributed by atoms with E-state index in [-0.39, 0.29) is 5.82 Å². The van der Waals surface area contributed by atoms with Gasteiger partial charge in [0.25, 0.3) is 0 Å². The molecule has 0 aromatic heterocycles. The van der Waals surface area contributed by atoms with Gasteiger partial charge < -0.3 is 5.32 Å². The average Bonchev–Trinajstić information content (AvgIpc) is 2.14. The first-order chi connectivity index (χ1) is 7.95. The van der Waals surface area contributed by atoms with Crippen molar-refractivity contribution >= 4 is 0 Å². The third-order valence-electron chi connectivity index (χ3n) is 3.06. The zero-order valence-electron chi connectivity index (χ0n) is 11.6. The molecule has 0 amide bonds. The maximum Gasteiger partial charge on any atom is 0.123 e. The van der Waals surface area contributed by atoms with Crippen LogP contribution >= 0.6 is 0 Å². The molecular formula is C15H24FN. The van der Waals surface area contributed by atoms with Crippen molar-refractivity contribution in [2.45, 2.75) is 47.1 Å². The van der Waals surface area contributed by atoms with E-state index in [9.17, 15) is 4.39 Å². The molecule has 0 radical (unpaired) electrons. The quantitative estimate of drug-likeness (QED) is 0.811. The van der Waals surface area contributed by atoms with Gasteiger partial charge in [0.15, 0.2) is 0 Å². The number of rotatable bonds is 5. The molecule has 0 spiro atoms. The fourth-order valence-electron chi connectivity index (χ4n) is 2.49. The van der Waals surface area contributed by atoms with Crippen molar-refractivity contribution in [2.75, 3.05) is 6.54 Å². The molecule has 0 saturated heterocycles. The van der Waals surface area contributed by atoms with Gasteiger partial charge in [-0.25, -0.2) is 4.39 Å². The van der Waals surface area contributed by atoms with Crippen molar-refractivity contribution in [3.05, 3.63) is 34.6 Å². The summed E-state index contributed by atoms with van der Waals surface area (Å²) in [6.07, 6.45) is 1.08. The van der Waals surface area contributed by atoms with Gasteiger partial charge in [0.2, 0.25) is 0 Å². The number of hydrogen-bond donors (Lipinski definition) is 1. The van der Waals surface area contributed by atoms with E-state index in [0.717, 1.165) is 24.1 Å². The van der Waals surface area contributed by atoms with Crippen LogP contribution in [0.2, 0.25) is 0 Å². The van der Waals surface area contributed by atoms with Crippen LogP contribution < -0.4 is 5.32 Å². The minimum Gasteiger partial charge on any atom is -0.310 e. The van der Waals surface area contributed by atoms with Crippen LogP contribution in [0.15, 0.2) is 12.1 Å². The standard InChI is InChI=1S/C15H24FN/c1-6-17-14(7-10(2)3)15-11(4)8-13(16)9-12(15)5/h8-10,14,17H,6-7H2,1-5H3. The number of hydrogen-bond acceptors (Lipinski definition) is 1. The predicted molar refractivity (Wildman–Crippen MR) is 71.7 cm³/mol. The Bertz CT molecular complexity index is 348. The maximum absolute atomic E-state index is 13.3. The minimum atomic E-state index is -0.136. The molecule has 1 atom stereocenters. The topological polar surface area (TPSA) is 12.0 Å². The highest BCUT2D eigenvalue weighted by molar-refractivity contribution is 5.37. The molecule has 1 aromatic carbocycles. The lowest BCUT2D eigenvalue weighted by Crippen LogP contribution is -2.24. The lowest BCUT2D eigenvalue weighted by Gasteiger charge is -2.24. The van der Waals surface area contributed by atoms with E-state index in [1.54, 1.807) is 12.1 Å². The number of benzene rings is 1. The molecule has 0 aliphatic carbocycles. The van der Waals surface area contributed by atoms with Gasteiger partial charge in [-0.2, -0.15) is 0 Å². The molecule has 1 aromatic rings. The van der Waals surface area contributed by atoms with Gasteiger partial charge in [0.05, 0.1) is 0 Å². The van der Waals surface area contributed by atoms with Gasteiger partial charge in [-0.3, -0.25) is 0 Å². The molecule has 0 aliphatic rings. The van der Waals surface area contributed by atoms with Crippen molar-refractivity contribution < 1.29 is 4.39 Å². The summed E-state index contributed by atoms with van der Waals surface area (Å²) in [4.78, 5) is 0. The van der Waals surface area contributed by atoms with Gasteiger partial charge in [-0.1, -0.05) is 20.8 Å². The first kappa shape index (κ1) is 14.2. The van der Waals surface area contributed by atoms with Gasteiger partial charge in [-0.15, -0.1) is 0 Å². The summed E-state index contributed by atoms with van der Waals surface area (Å²) in [6, 6.07) is 3.60. The molecule has 1 rings (SSSR count). The van der Waals surface area contributed by atoms with Crippen molar-refractivity contribution in [1.82, 2.24) is 5.32 Å². The minimum absolute atomic E-state index is 0.136. The first-order valence-electron chi connectivity index (χ1n) is 6.45. The normalized spacial score (nSPS) is 13.1. The van der Waals surface area contributed by atoms with Crippen molar-refractivity contribution in [3.63, 3.8) is 0 Å². The molecule has 17 heavy (non-hydrogen) atoms. The highest BCUT2D eigenvalue weighted by Crippen LogP contribution is 2.28. The second-order valence-electron chi connectivity index (χ2n) is 5.19. The van der Waals surface area contributed by atoms with Crippen molar-refractivity contribution in [3.8, 4) is 0 Å². The summed E-state index contributed by atoms with van der Waals surface area (Å²) < 4.78 is 13.3. The number of aryl methyl sites for hydroxylation is 2. The highest BCUT2D eigenvalue weighted by Gasteiger charge is 2.17. The molecule has 0 bridgehead atoms. The van der Waals surface area contributed by atoms with Crippen LogP contribution in [-0.2, 0) is 0 Å². The number of halogens is 1. The third-order valence-corrected chi connectivity index (χ3v) is 3.06. The first-order valence-corrected chi connectivity index (χ1v) is 6.45. The van der Waals surface area contributed by atoms with E-state index < -0.39 is 0 Å².